The topological polar surface area (TPSA) is 90.2 Å². The summed E-state index contributed by atoms with van der Waals surface area (Å²) in [5.74, 6) is 0.642. The van der Waals surface area contributed by atoms with Crippen LogP contribution in [0, 0.1) is 0 Å². The number of sulfone groups is 1. The largest absolute Gasteiger partial charge is 0.474 e. The molecule has 0 fully saturated rings. The molecule has 1 aromatic heterocycles. The first-order chi connectivity index (χ1) is 19.0. The van der Waals surface area contributed by atoms with Crippen molar-refractivity contribution in [2.75, 3.05) is 13.2 Å². The highest BCUT2D eigenvalue weighted by molar-refractivity contribution is 7.91. The summed E-state index contributed by atoms with van der Waals surface area (Å²) in [6.45, 7) is 0.793. The number of rotatable bonds is 8. The summed E-state index contributed by atoms with van der Waals surface area (Å²) in [5.41, 5.74) is 3.00. The molecular weight excluding hydrogens is 510 g/mol. The van der Waals surface area contributed by atoms with E-state index in [9.17, 15) is 8.42 Å². The van der Waals surface area contributed by atoms with Crippen LogP contribution in [0.1, 0.15) is 22.5 Å². The van der Waals surface area contributed by atoms with E-state index in [1.165, 1.54) is 12.1 Å². The Morgan fingerprint density at radius 1 is 0.615 bits per heavy atom. The standard InChI is InChI=1S/C31H27N3O4S/c35-39(36,26-14-8-3-9-15-26)27-18-28(30-32-24(20-37-30)16-22-10-4-1-5-11-22)34-29(19-27)31-33-25(21-38-31)17-23-12-6-2-7-13-23/h1-15,18-19,24-25H,16-17,20-21H2/t24-,25-/m0/s1. The van der Waals surface area contributed by atoms with E-state index in [-0.39, 0.29) is 21.9 Å². The Morgan fingerprint density at radius 2 is 1.05 bits per heavy atom. The summed E-state index contributed by atoms with van der Waals surface area (Å²) in [5, 5.41) is 0. The number of pyridine rings is 1. The van der Waals surface area contributed by atoms with Gasteiger partial charge < -0.3 is 9.47 Å². The molecule has 7 nitrogen and oxygen atoms in total. The van der Waals surface area contributed by atoms with Gasteiger partial charge in [0.25, 0.3) is 0 Å². The van der Waals surface area contributed by atoms with Gasteiger partial charge in [-0.3, -0.25) is 0 Å². The van der Waals surface area contributed by atoms with Gasteiger partial charge in [-0.05, 0) is 48.2 Å². The normalized spacial score (nSPS) is 18.7. The van der Waals surface area contributed by atoms with Crippen molar-refractivity contribution in [3.8, 4) is 0 Å². The molecule has 0 unspecified atom stereocenters. The highest BCUT2D eigenvalue weighted by Gasteiger charge is 2.28. The first-order valence-electron chi connectivity index (χ1n) is 12.9. The lowest BCUT2D eigenvalue weighted by Crippen LogP contribution is -2.14. The minimum absolute atomic E-state index is 0.0858. The van der Waals surface area contributed by atoms with E-state index < -0.39 is 9.84 Å². The molecule has 6 rings (SSSR count). The Hall–Kier alpha value is -4.30. The molecule has 3 aromatic carbocycles. The number of aromatic nitrogens is 1. The van der Waals surface area contributed by atoms with E-state index in [4.69, 9.17) is 24.4 Å². The van der Waals surface area contributed by atoms with Crippen molar-refractivity contribution in [2.45, 2.75) is 34.7 Å². The SMILES string of the molecule is O=S(=O)(c1ccccc1)c1cc(C2=N[C@@H](Cc3ccccc3)CO2)nc(C2=N[C@@H](Cc3ccccc3)CO2)c1. The quantitative estimate of drug-likeness (QED) is 0.325. The van der Waals surface area contributed by atoms with Crippen molar-refractivity contribution in [3.05, 3.63) is 126 Å². The van der Waals surface area contributed by atoms with Gasteiger partial charge in [0.2, 0.25) is 21.6 Å². The molecule has 0 N–H and O–H groups in total. The van der Waals surface area contributed by atoms with Crippen LogP contribution >= 0.6 is 0 Å². The van der Waals surface area contributed by atoms with Crippen LogP contribution in [0.4, 0.5) is 0 Å². The maximum absolute atomic E-state index is 13.6. The Morgan fingerprint density at radius 3 is 1.51 bits per heavy atom. The van der Waals surface area contributed by atoms with Crippen molar-refractivity contribution in [1.29, 1.82) is 0 Å². The summed E-state index contributed by atoms with van der Waals surface area (Å²) >= 11 is 0. The van der Waals surface area contributed by atoms with E-state index in [2.05, 4.69) is 24.3 Å². The Labute approximate surface area is 227 Å². The molecule has 8 heteroatoms. The summed E-state index contributed by atoms with van der Waals surface area (Å²) in [6, 6.07) is 31.4. The fourth-order valence-electron chi connectivity index (χ4n) is 4.71. The minimum atomic E-state index is -3.83. The molecule has 0 bridgehead atoms. The van der Waals surface area contributed by atoms with Gasteiger partial charge in [0.15, 0.2) is 0 Å². The maximum atomic E-state index is 13.6. The molecular formula is C31H27N3O4S. The Bertz CT molecular complexity index is 1540. The maximum Gasteiger partial charge on any atom is 0.235 e. The zero-order valence-electron chi connectivity index (χ0n) is 21.2. The van der Waals surface area contributed by atoms with Crippen LogP contribution in [0.2, 0.25) is 0 Å². The molecule has 3 heterocycles. The molecule has 0 saturated heterocycles. The summed E-state index contributed by atoms with van der Waals surface area (Å²) in [4.78, 5) is 14.5. The van der Waals surface area contributed by atoms with Gasteiger partial charge in [0, 0.05) is 0 Å². The Kier molecular flexibility index (Phi) is 6.94. The van der Waals surface area contributed by atoms with Gasteiger partial charge in [-0.2, -0.15) is 0 Å². The van der Waals surface area contributed by atoms with E-state index in [1.807, 2.05) is 36.4 Å². The second kappa shape index (κ2) is 10.8. The second-order valence-electron chi connectivity index (χ2n) is 9.57. The monoisotopic (exact) mass is 537 g/mol. The molecule has 0 radical (unpaired) electrons. The van der Waals surface area contributed by atoms with Crippen molar-refractivity contribution in [3.63, 3.8) is 0 Å². The molecule has 4 aromatic rings. The molecule has 0 aliphatic carbocycles. The second-order valence-corrected chi connectivity index (χ2v) is 11.5. The first kappa shape index (κ1) is 25.0. The highest BCUT2D eigenvalue weighted by atomic mass is 32.2. The summed E-state index contributed by atoms with van der Waals surface area (Å²) in [6.07, 6.45) is 1.44. The van der Waals surface area contributed by atoms with Gasteiger partial charge in [-0.15, -0.1) is 0 Å². The number of aliphatic imine (C=N–C) groups is 2. The molecule has 196 valence electrons. The van der Waals surface area contributed by atoms with Crippen LogP contribution in [0.15, 0.2) is 123 Å². The van der Waals surface area contributed by atoms with Crippen LogP contribution in [-0.4, -0.2) is 50.5 Å². The number of hydrogen-bond acceptors (Lipinski definition) is 7. The summed E-state index contributed by atoms with van der Waals surface area (Å²) < 4.78 is 39.0. The number of ether oxygens (including phenoxy) is 2. The van der Waals surface area contributed by atoms with Crippen molar-refractivity contribution < 1.29 is 17.9 Å². The first-order valence-corrected chi connectivity index (χ1v) is 14.3. The van der Waals surface area contributed by atoms with E-state index in [1.54, 1.807) is 30.3 Å². The van der Waals surface area contributed by atoms with Gasteiger partial charge in [0.1, 0.15) is 24.6 Å². The zero-order valence-corrected chi connectivity index (χ0v) is 22.0. The smallest absolute Gasteiger partial charge is 0.235 e. The van der Waals surface area contributed by atoms with Crippen LogP contribution in [0.5, 0.6) is 0 Å². The highest BCUT2D eigenvalue weighted by Crippen LogP contribution is 2.25. The van der Waals surface area contributed by atoms with Gasteiger partial charge in [-0.1, -0.05) is 78.9 Å². The predicted octanol–water partition coefficient (Wildman–Crippen LogP) is 4.69. The average molecular weight is 538 g/mol. The van der Waals surface area contributed by atoms with E-state index in [0.717, 1.165) is 24.0 Å². The summed E-state index contributed by atoms with van der Waals surface area (Å²) in [7, 11) is -3.83. The number of benzene rings is 3. The van der Waals surface area contributed by atoms with Crippen molar-refractivity contribution in [2.24, 2.45) is 9.98 Å². The van der Waals surface area contributed by atoms with Crippen LogP contribution < -0.4 is 0 Å². The number of hydrogen-bond donors (Lipinski definition) is 0. The van der Waals surface area contributed by atoms with Crippen LogP contribution in [0.25, 0.3) is 0 Å². The molecule has 2 atom stereocenters. The number of nitrogens with zero attached hydrogens (tertiary/aromatic N) is 3. The molecule has 2 aliphatic rings. The van der Waals surface area contributed by atoms with E-state index in [0.29, 0.717) is 36.4 Å². The fourth-order valence-corrected chi connectivity index (χ4v) is 6.03. The van der Waals surface area contributed by atoms with Crippen LogP contribution in [0.3, 0.4) is 0 Å². The zero-order chi connectivity index (χ0) is 26.7. The molecule has 39 heavy (non-hydrogen) atoms. The van der Waals surface area contributed by atoms with Crippen molar-refractivity contribution in [1.82, 2.24) is 4.98 Å². The third-order valence-corrected chi connectivity index (χ3v) is 8.40. The van der Waals surface area contributed by atoms with Gasteiger partial charge in [-0.25, -0.2) is 23.4 Å². The Balaban J connectivity index is 1.35. The fraction of sp³-hybridized carbons (Fsp3) is 0.194. The molecule has 0 saturated carbocycles. The molecule has 2 aliphatic heterocycles. The third kappa shape index (κ3) is 5.61. The van der Waals surface area contributed by atoms with Gasteiger partial charge >= 0.3 is 0 Å². The third-order valence-electron chi connectivity index (χ3n) is 6.65. The lowest BCUT2D eigenvalue weighted by molar-refractivity contribution is 0.314. The lowest BCUT2D eigenvalue weighted by Gasteiger charge is -2.10. The average Bonchev–Trinajstić information content (AvgIpc) is 3.64. The predicted molar refractivity (Wildman–Crippen MR) is 149 cm³/mol. The molecule has 0 spiro atoms. The lowest BCUT2D eigenvalue weighted by atomic mass is 10.1. The van der Waals surface area contributed by atoms with E-state index >= 15 is 0 Å². The molecule has 0 amide bonds. The van der Waals surface area contributed by atoms with Gasteiger partial charge in [0.05, 0.1) is 21.9 Å². The minimum Gasteiger partial charge on any atom is -0.474 e. The van der Waals surface area contributed by atoms with Crippen LogP contribution in [-0.2, 0) is 32.2 Å². The van der Waals surface area contributed by atoms with Crippen molar-refractivity contribution >= 4 is 21.6 Å².